The number of carbonyl (C=O) groups is 1. The molecule has 0 saturated heterocycles. The Hall–Kier alpha value is -3.74. The Labute approximate surface area is 169 Å². The van der Waals surface area contributed by atoms with Gasteiger partial charge in [0.1, 0.15) is 17.2 Å². The van der Waals surface area contributed by atoms with Gasteiger partial charge in [0, 0.05) is 12.3 Å². The van der Waals surface area contributed by atoms with Crippen molar-refractivity contribution in [1.82, 2.24) is 4.98 Å². The molecule has 0 saturated carbocycles. The second kappa shape index (κ2) is 8.97. The summed E-state index contributed by atoms with van der Waals surface area (Å²) in [4.78, 5) is 16.9. The van der Waals surface area contributed by atoms with E-state index in [0.717, 1.165) is 11.3 Å². The van der Waals surface area contributed by atoms with E-state index in [2.05, 4.69) is 15.6 Å². The fourth-order valence-electron chi connectivity index (χ4n) is 2.81. The fourth-order valence-corrected chi connectivity index (χ4v) is 2.81. The molecule has 1 aromatic heterocycles. The van der Waals surface area contributed by atoms with Crippen LogP contribution in [-0.4, -0.2) is 32.2 Å². The Morgan fingerprint density at radius 3 is 2.31 bits per heavy atom. The highest BCUT2D eigenvalue weighted by molar-refractivity contribution is 6.05. The zero-order valence-corrected chi connectivity index (χ0v) is 16.8. The van der Waals surface area contributed by atoms with Crippen LogP contribution in [0.15, 0.2) is 54.9 Å². The highest BCUT2D eigenvalue weighted by Crippen LogP contribution is 2.30. The number of methoxy groups -OCH3 is 3. The lowest BCUT2D eigenvalue weighted by Gasteiger charge is -2.14. The van der Waals surface area contributed by atoms with Crippen molar-refractivity contribution in [3.63, 3.8) is 0 Å². The van der Waals surface area contributed by atoms with Gasteiger partial charge in [0.05, 0.1) is 50.2 Å². The van der Waals surface area contributed by atoms with Crippen LogP contribution in [0, 0.1) is 6.92 Å². The molecule has 3 aromatic rings. The summed E-state index contributed by atoms with van der Waals surface area (Å²) in [6.45, 7) is 1.99. The van der Waals surface area contributed by atoms with Gasteiger partial charge in [0.2, 0.25) is 0 Å². The van der Waals surface area contributed by atoms with Gasteiger partial charge in [0.25, 0.3) is 5.91 Å². The molecule has 7 nitrogen and oxygen atoms in total. The molecule has 29 heavy (non-hydrogen) atoms. The largest absolute Gasteiger partial charge is 0.497 e. The number of anilines is 3. The first-order valence-corrected chi connectivity index (χ1v) is 8.94. The number of benzene rings is 2. The van der Waals surface area contributed by atoms with Gasteiger partial charge in [-0.1, -0.05) is 6.07 Å². The van der Waals surface area contributed by atoms with E-state index in [1.54, 1.807) is 51.8 Å². The summed E-state index contributed by atoms with van der Waals surface area (Å²) in [5, 5.41) is 6.09. The number of pyridine rings is 1. The Bertz CT molecular complexity index is 1020. The Kier molecular flexibility index (Phi) is 6.19. The van der Waals surface area contributed by atoms with Crippen LogP contribution in [0.4, 0.5) is 17.1 Å². The molecule has 7 heteroatoms. The third kappa shape index (κ3) is 4.76. The van der Waals surface area contributed by atoms with E-state index in [1.165, 1.54) is 6.20 Å². The predicted molar refractivity (Wildman–Crippen MR) is 113 cm³/mol. The van der Waals surface area contributed by atoms with Crippen molar-refractivity contribution in [2.24, 2.45) is 0 Å². The minimum absolute atomic E-state index is 0.316. The molecule has 0 aliphatic heterocycles. The van der Waals surface area contributed by atoms with E-state index in [4.69, 9.17) is 14.2 Å². The Balaban J connectivity index is 1.83. The minimum atomic E-state index is -0.316. The number of nitrogens with one attached hydrogen (secondary N) is 2. The van der Waals surface area contributed by atoms with Crippen LogP contribution in [0.2, 0.25) is 0 Å². The number of rotatable bonds is 7. The number of nitrogens with zero attached hydrogens (tertiary/aromatic N) is 1. The number of hydrogen-bond acceptors (Lipinski definition) is 6. The van der Waals surface area contributed by atoms with E-state index in [-0.39, 0.29) is 5.91 Å². The highest BCUT2D eigenvalue weighted by atomic mass is 16.5. The number of ether oxygens (including phenoxy) is 3. The molecule has 3 rings (SSSR count). The van der Waals surface area contributed by atoms with Crippen LogP contribution >= 0.6 is 0 Å². The highest BCUT2D eigenvalue weighted by Gasteiger charge is 2.13. The lowest BCUT2D eigenvalue weighted by Crippen LogP contribution is -2.13. The molecule has 150 valence electrons. The van der Waals surface area contributed by atoms with Gasteiger partial charge in [-0.15, -0.1) is 0 Å². The van der Waals surface area contributed by atoms with Crippen molar-refractivity contribution in [1.29, 1.82) is 0 Å². The van der Waals surface area contributed by atoms with Crippen molar-refractivity contribution in [2.45, 2.75) is 6.92 Å². The first-order chi connectivity index (χ1) is 14.0. The Morgan fingerprint density at radius 1 is 0.862 bits per heavy atom. The van der Waals surface area contributed by atoms with Gasteiger partial charge in [0.15, 0.2) is 0 Å². The summed E-state index contributed by atoms with van der Waals surface area (Å²) in [6, 6.07) is 12.7. The molecule has 0 radical (unpaired) electrons. The average molecular weight is 393 g/mol. The molecule has 1 amide bonds. The molecule has 2 aromatic carbocycles. The van der Waals surface area contributed by atoms with Gasteiger partial charge in [-0.3, -0.25) is 9.78 Å². The summed E-state index contributed by atoms with van der Waals surface area (Å²) >= 11 is 0. The van der Waals surface area contributed by atoms with E-state index < -0.39 is 0 Å². The predicted octanol–water partition coefficient (Wildman–Crippen LogP) is 4.41. The second-order valence-electron chi connectivity index (χ2n) is 6.31. The van der Waals surface area contributed by atoms with E-state index in [0.29, 0.717) is 34.2 Å². The van der Waals surface area contributed by atoms with Crippen molar-refractivity contribution in [3.8, 4) is 17.2 Å². The zero-order valence-electron chi connectivity index (χ0n) is 16.8. The standard InChI is InChI=1S/C22H23N3O4/c1-14-5-7-20(28-3)18(9-14)24-16-10-15(12-23-13-16)22(26)25-19-11-17(27-2)6-8-21(19)29-4/h5-13,24H,1-4H3,(H,25,26). The zero-order chi connectivity index (χ0) is 20.8. The van der Waals surface area contributed by atoms with Crippen molar-refractivity contribution >= 4 is 23.0 Å². The number of hydrogen-bond donors (Lipinski definition) is 2. The summed E-state index contributed by atoms with van der Waals surface area (Å²) in [6.07, 6.45) is 3.14. The first kappa shape index (κ1) is 20.0. The summed E-state index contributed by atoms with van der Waals surface area (Å²) in [5.41, 5.74) is 3.45. The molecule has 0 aliphatic rings. The van der Waals surface area contributed by atoms with Crippen molar-refractivity contribution in [3.05, 3.63) is 66.0 Å². The molecule has 0 fully saturated rings. The molecule has 1 heterocycles. The van der Waals surface area contributed by atoms with E-state index in [9.17, 15) is 4.79 Å². The number of aryl methyl sites for hydroxylation is 1. The van der Waals surface area contributed by atoms with Gasteiger partial charge in [-0.25, -0.2) is 0 Å². The van der Waals surface area contributed by atoms with Gasteiger partial charge >= 0.3 is 0 Å². The van der Waals surface area contributed by atoms with Gasteiger partial charge < -0.3 is 24.8 Å². The lowest BCUT2D eigenvalue weighted by atomic mass is 10.2. The maximum atomic E-state index is 12.8. The molecule has 0 aliphatic carbocycles. The lowest BCUT2D eigenvalue weighted by molar-refractivity contribution is 0.102. The number of aromatic nitrogens is 1. The summed E-state index contributed by atoms with van der Waals surface area (Å²) in [5.74, 6) is 1.53. The number of amides is 1. The van der Waals surface area contributed by atoms with Crippen molar-refractivity contribution in [2.75, 3.05) is 32.0 Å². The van der Waals surface area contributed by atoms with Crippen LogP contribution in [-0.2, 0) is 0 Å². The SMILES string of the molecule is COc1ccc(OC)c(NC(=O)c2cncc(Nc3cc(C)ccc3OC)c2)c1. The van der Waals surface area contributed by atoms with Gasteiger partial charge in [-0.2, -0.15) is 0 Å². The molecular weight excluding hydrogens is 370 g/mol. The van der Waals surface area contributed by atoms with Crippen LogP contribution in [0.3, 0.4) is 0 Å². The normalized spacial score (nSPS) is 10.2. The molecular formula is C22H23N3O4. The first-order valence-electron chi connectivity index (χ1n) is 8.94. The van der Waals surface area contributed by atoms with Gasteiger partial charge in [-0.05, 0) is 42.8 Å². The van der Waals surface area contributed by atoms with Crippen LogP contribution in [0.5, 0.6) is 17.2 Å². The topological polar surface area (TPSA) is 81.7 Å². The molecule has 0 atom stereocenters. The van der Waals surface area contributed by atoms with E-state index in [1.807, 2.05) is 25.1 Å². The van der Waals surface area contributed by atoms with Crippen LogP contribution in [0.1, 0.15) is 15.9 Å². The quantitative estimate of drug-likeness (QED) is 0.619. The molecule has 0 bridgehead atoms. The molecule has 2 N–H and O–H groups in total. The second-order valence-corrected chi connectivity index (χ2v) is 6.31. The average Bonchev–Trinajstić information content (AvgIpc) is 2.74. The molecule has 0 spiro atoms. The maximum absolute atomic E-state index is 12.8. The van der Waals surface area contributed by atoms with E-state index >= 15 is 0 Å². The third-order valence-corrected chi connectivity index (χ3v) is 4.29. The summed E-state index contributed by atoms with van der Waals surface area (Å²) in [7, 11) is 4.71. The summed E-state index contributed by atoms with van der Waals surface area (Å²) < 4.78 is 15.9. The molecule has 0 unspecified atom stereocenters. The third-order valence-electron chi connectivity index (χ3n) is 4.29. The maximum Gasteiger partial charge on any atom is 0.257 e. The minimum Gasteiger partial charge on any atom is -0.497 e. The van der Waals surface area contributed by atoms with Crippen molar-refractivity contribution < 1.29 is 19.0 Å². The fraction of sp³-hybridized carbons (Fsp3) is 0.182. The Morgan fingerprint density at radius 2 is 1.59 bits per heavy atom. The number of carbonyl (C=O) groups excluding carboxylic acids is 1. The smallest absolute Gasteiger partial charge is 0.257 e. The monoisotopic (exact) mass is 393 g/mol. The van der Waals surface area contributed by atoms with Crippen LogP contribution < -0.4 is 24.8 Å². The van der Waals surface area contributed by atoms with Crippen LogP contribution in [0.25, 0.3) is 0 Å².